The maximum Gasteiger partial charge on any atom is 0.246 e. The van der Waals surface area contributed by atoms with Crippen molar-refractivity contribution in [3.63, 3.8) is 0 Å². The minimum atomic E-state index is -3.53. The molecule has 2 heterocycles. The van der Waals surface area contributed by atoms with E-state index in [0.717, 1.165) is 0 Å². The normalized spacial score (nSPS) is 19.2. The summed E-state index contributed by atoms with van der Waals surface area (Å²) in [6, 6.07) is -0.198. The highest BCUT2D eigenvalue weighted by Gasteiger charge is 2.31. The largest absolute Gasteiger partial charge is 0.284 e. The number of H-pyrrole nitrogens is 1. The maximum absolute atomic E-state index is 12.2. The second-order valence-corrected chi connectivity index (χ2v) is 8.61. The molecule has 1 fully saturated rings. The lowest BCUT2D eigenvalue weighted by atomic mass is 10.1. The van der Waals surface area contributed by atoms with Crippen molar-refractivity contribution >= 4 is 20.0 Å². The summed E-state index contributed by atoms with van der Waals surface area (Å²) < 4.78 is 51.3. The van der Waals surface area contributed by atoms with Crippen LogP contribution in [0, 0.1) is 0 Å². The lowest BCUT2D eigenvalue weighted by Gasteiger charge is -2.30. The molecule has 0 amide bonds. The molecular formula is C10H18N4O4S2. The van der Waals surface area contributed by atoms with Crippen LogP contribution in [0.1, 0.15) is 19.8 Å². The van der Waals surface area contributed by atoms with E-state index in [-0.39, 0.29) is 16.7 Å². The number of hydrogen-bond acceptors (Lipinski definition) is 5. The molecule has 0 saturated carbocycles. The molecule has 1 aliphatic heterocycles. The Morgan fingerprint density at radius 3 is 2.50 bits per heavy atom. The van der Waals surface area contributed by atoms with E-state index >= 15 is 0 Å². The van der Waals surface area contributed by atoms with Crippen molar-refractivity contribution in [3.05, 3.63) is 12.4 Å². The average molecular weight is 322 g/mol. The van der Waals surface area contributed by atoms with E-state index in [1.54, 1.807) is 6.92 Å². The van der Waals surface area contributed by atoms with E-state index in [4.69, 9.17) is 0 Å². The zero-order valence-electron chi connectivity index (χ0n) is 11.1. The average Bonchev–Trinajstić information content (AvgIpc) is 2.93. The van der Waals surface area contributed by atoms with Gasteiger partial charge in [-0.15, -0.1) is 0 Å². The number of aromatic nitrogens is 2. The van der Waals surface area contributed by atoms with Crippen LogP contribution in [0.2, 0.25) is 0 Å². The van der Waals surface area contributed by atoms with Gasteiger partial charge in [-0.1, -0.05) is 0 Å². The summed E-state index contributed by atoms with van der Waals surface area (Å²) in [5.74, 6) is 0.0283. The predicted molar refractivity (Wildman–Crippen MR) is 73.0 cm³/mol. The third kappa shape index (κ3) is 3.37. The first kappa shape index (κ1) is 15.4. The van der Waals surface area contributed by atoms with Crippen LogP contribution >= 0.6 is 0 Å². The zero-order valence-corrected chi connectivity index (χ0v) is 12.7. The van der Waals surface area contributed by atoms with E-state index in [1.807, 2.05) is 0 Å². The van der Waals surface area contributed by atoms with Gasteiger partial charge in [0, 0.05) is 25.3 Å². The summed E-state index contributed by atoms with van der Waals surface area (Å²) in [7, 11) is -6.78. The van der Waals surface area contributed by atoms with Crippen molar-refractivity contribution in [2.45, 2.75) is 30.7 Å². The first-order chi connectivity index (χ1) is 9.35. The van der Waals surface area contributed by atoms with Gasteiger partial charge in [0.2, 0.25) is 20.0 Å². The molecule has 114 valence electrons. The molecule has 0 aliphatic carbocycles. The van der Waals surface area contributed by atoms with Gasteiger partial charge >= 0.3 is 0 Å². The maximum atomic E-state index is 12.2. The number of rotatable bonds is 5. The zero-order chi connectivity index (χ0) is 14.8. The fourth-order valence-corrected chi connectivity index (χ4v) is 4.37. The van der Waals surface area contributed by atoms with Crippen molar-refractivity contribution < 1.29 is 16.8 Å². The number of hydrogen-bond donors (Lipinski definition) is 2. The minimum absolute atomic E-state index is 0.0283. The highest BCUT2D eigenvalue weighted by Crippen LogP contribution is 2.20. The first-order valence-electron chi connectivity index (χ1n) is 6.34. The number of sulfonamides is 2. The summed E-state index contributed by atoms with van der Waals surface area (Å²) in [5, 5.41) is 6.11. The molecule has 2 rings (SSSR count). The van der Waals surface area contributed by atoms with Gasteiger partial charge in [-0.05, 0) is 19.8 Å². The molecule has 0 radical (unpaired) electrons. The molecule has 0 unspecified atom stereocenters. The lowest BCUT2D eigenvalue weighted by molar-refractivity contribution is 0.308. The van der Waals surface area contributed by atoms with Crippen LogP contribution in [0.5, 0.6) is 0 Å². The summed E-state index contributed by atoms with van der Waals surface area (Å²) in [4.78, 5) is 0.130. The van der Waals surface area contributed by atoms with Crippen LogP contribution in [-0.4, -0.2) is 56.2 Å². The summed E-state index contributed by atoms with van der Waals surface area (Å²) in [6.45, 7) is 2.16. The molecule has 1 aromatic rings. The molecule has 1 saturated heterocycles. The van der Waals surface area contributed by atoms with Gasteiger partial charge in [-0.2, -0.15) is 9.40 Å². The van der Waals surface area contributed by atoms with Gasteiger partial charge in [0.05, 0.1) is 11.9 Å². The molecule has 8 nitrogen and oxygen atoms in total. The van der Waals surface area contributed by atoms with E-state index in [9.17, 15) is 16.8 Å². The van der Waals surface area contributed by atoms with Crippen LogP contribution in [-0.2, 0) is 20.0 Å². The molecule has 0 spiro atoms. The van der Waals surface area contributed by atoms with Gasteiger partial charge in [-0.3, -0.25) is 5.10 Å². The second kappa shape index (κ2) is 5.80. The van der Waals surface area contributed by atoms with Crippen molar-refractivity contribution in [1.29, 1.82) is 0 Å². The first-order valence-corrected chi connectivity index (χ1v) is 9.43. The quantitative estimate of drug-likeness (QED) is 0.759. The number of nitrogens with one attached hydrogen (secondary N) is 2. The number of nitrogens with zero attached hydrogens (tertiary/aromatic N) is 2. The third-order valence-corrected chi connectivity index (χ3v) is 6.61. The number of piperidine rings is 1. The SMILES string of the molecule is CCS(=O)(=O)NC1CCN(S(=O)(=O)c2cn[nH]c2)CC1. The van der Waals surface area contributed by atoms with E-state index in [1.165, 1.54) is 16.7 Å². The van der Waals surface area contributed by atoms with E-state index < -0.39 is 20.0 Å². The minimum Gasteiger partial charge on any atom is -0.284 e. The predicted octanol–water partition coefficient (Wildman–Crippen LogP) is -0.498. The van der Waals surface area contributed by atoms with Gasteiger partial charge < -0.3 is 0 Å². The third-order valence-electron chi connectivity index (χ3n) is 3.29. The standard InChI is InChI=1S/C10H18N4O4S2/c1-2-19(15,16)13-9-3-5-14(6-4-9)20(17,18)10-7-11-12-8-10/h7-9,13H,2-6H2,1H3,(H,11,12). The summed E-state index contributed by atoms with van der Waals surface area (Å²) in [5.41, 5.74) is 0. The van der Waals surface area contributed by atoms with Gasteiger partial charge in [0.15, 0.2) is 0 Å². The molecule has 0 bridgehead atoms. The number of aromatic amines is 1. The molecular weight excluding hydrogens is 304 g/mol. The van der Waals surface area contributed by atoms with Crippen molar-refractivity contribution in [2.24, 2.45) is 0 Å². The molecule has 2 N–H and O–H groups in total. The lowest BCUT2D eigenvalue weighted by Crippen LogP contribution is -2.46. The highest BCUT2D eigenvalue weighted by atomic mass is 32.2. The van der Waals surface area contributed by atoms with Crippen LogP contribution in [0.3, 0.4) is 0 Å². The fourth-order valence-electron chi connectivity index (χ4n) is 2.08. The summed E-state index contributed by atoms with van der Waals surface area (Å²) in [6.07, 6.45) is 3.54. The van der Waals surface area contributed by atoms with Crippen molar-refractivity contribution in [1.82, 2.24) is 19.2 Å². The topological polar surface area (TPSA) is 112 Å². The molecule has 0 aromatic carbocycles. The van der Waals surface area contributed by atoms with Crippen LogP contribution in [0.15, 0.2) is 17.3 Å². The Morgan fingerprint density at radius 1 is 1.35 bits per heavy atom. The van der Waals surface area contributed by atoms with Gasteiger partial charge in [-0.25, -0.2) is 21.6 Å². The molecule has 10 heteroatoms. The molecule has 1 aliphatic rings. The van der Waals surface area contributed by atoms with Crippen LogP contribution < -0.4 is 4.72 Å². The van der Waals surface area contributed by atoms with Gasteiger partial charge in [0.1, 0.15) is 4.90 Å². The van der Waals surface area contributed by atoms with E-state index in [0.29, 0.717) is 25.9 Å². The Morgan fingerprint density at radius 2 is 2.00 bits per heavy atom. The van der Waals surface area contributed by atoms with Crippen LogP contribution in [0.4, 0.5) is 0 Å². The smallest absolute Gasteiger partial charge is 0.246 e. The second-order valence-electron chi connectivity index (χ2n) is 4.63. The Bertz CT molecular complexity index is 631. The molecule has 20 heavy (non-hydrogen) atoms. The Labute approximate surface area is 118 Å². The molecule has 0 atom stereocenters. The van der Waals surface area contributed by atoms with E-state index in [2.05, 4.69) is 14.9 Å². The highest BCUT2D eigenvalue weighted by molar-refractivity contribution is 7.89. The Balaban J connectivity index is 1.98. The summed E-state index contributed by atoms with van der Waals surface area (Å²) >= 11 is 0. The molecule has 1 aromatic heterocycles. The monoisotopic (exact) mass is 322 g/mol. The van der Waals surface area contributed by atoms with Crippen LogP contribution in [0.25, 0.3) is 0 Å². The Kier molecular flexibility index (Phi) is 4.47. The Hall–Kier alpha value is -0.970. The van der Waals surface area contributed by atoms with Crippen molar-refractivity contribution in [3.8, 4) is 0 Å². The fraction of sp³-hybridized carbons (Fsp3) is 0.700. The van der Waals surface area contributed by atoms with Gasteiger partial charge in [0.25, 0.3) is 0 Å². The van der Waals surface area contributed by atoms with Crippen molar-refractivity contribution in [2.75, 3.05) is 18.8 Å².